The molecule has 0 heterocycles. The summed E-state index contributed by atoms with van der Waals surface area (Å²) in [5.41, 5.74) is 5.87. The van der Waals surface area contributed by atoms with Gasteiger partial charge in [0.15, 0.2) is 5.11 Å². The van der Waals surface area contributed by atoms with Crippen LogP contribution in [0, 0.1) is 5.82 Å². The number of amides is 1. The molecule has 0 spiro atoms. The standard InChI is InChI=1S/C14H21FN4OS/c1-19(2)9-3-8-16-14(21)18-17-13(20)10-11-4-6-12(15)7-5-11/h4-7H,3,8-10H2,1-2H3,(H,17,20)(H2,16,18,21). The number of carbonyl (C=O) groups excluding carboxylic acids is 1. The first-order chi connectivity index (χ1) is 9.97. The molecule has 0 saturated carbocycles. The molecule has 1 amide bonds. The van der Waals surface area contributed by atoms with Crippen molar-refractivity contribution in [2.75, 3.05) is 27.2 Å². The predicted molar refractivity (Wildman–Crippen MR) is 85.2 cm³/mol. The molecule has 0 aliphatic heterocycles. The molecule has 21 heavy (non-hydrogen) atoms. The first-order valence-electron chi connectivity index (χ1n) is 6.69. The maximum absolute atomic E-state index is 12.7. The summed E-state index contributed by atoms with van der Waals surface area (Å²) in [5.74, 6) is -0.556. The van der Waals surface area contributed by atoms with E-state index in [1.54, 1.807) is 12.1 Å². The fraction of sp³-hybridized carbons (Fsp3) is 0.429. The van der Waals surface area contributed by atoms with Crippen LogP contribution in [0.5, 0.6) is 0 Å². The molecular weight excluding hydrogens is 291 g/mol. The molecule has 5 nitrogen and oxygen atoms in total. The highest BCUT2D eigenvalue weighted by Gasteiger charge is 2.04. The number of thiocarbonyl (C=S) groups is 1. The van der Waals surface area contributed by atoms with E-state index in [9.17, 15) is 9.18 Å². The normalized spacial score (nSPS) is 10.3. The summed E-state index contributed by atoms with van der Waals surface area (Å²) < 4.78 is 12.7. The van der Waals surface area contributed by atoms with Gasteiger partial charge in [0.05, 0.1) is 6.42 Å². The van der Waals surface area contributed by atoms with E-state index in [0.717, 1.165) is 25.1 Å². The highest BCUT2D eigenvalue weighted by molar-refractivity contribution is 7.80. The second-order valence-corrected chi connectivity index (χ2v) is 5.30. The minimum absolute atomic E-state index is 0.163. The molecule has 0 aliphatic carbocycles. The first kappa shape index (κ1) is 17.3. The zero-order chi connectivity index (χ0) is 15.7. The maximum atomic E-state index is 12.7. The van der Waals surface area contributed by atoms with Crippen LogP contribution in [0.1, 0.15) is 12.0 Å². The molecule has 0 aliphatic rings. The lowest BCUT2D eigenvalue weighted by Gasteiger charge is -2.13. The average Bonchev–Trinajstić information content (AvgIpc) is 2.44. The van der Waals surface area contributed by atoms with Gasteiger partial charge in [-0.05, 0) is 57.0 Å². The van der Waals surface area contributed by atoms with Crippen molar-refractivity contribution in [1.82, 2.24) is 21.1 Å². The van der Waals surface area contributed by atoms with E-state index in [2.05, 4.69) is 21.1 Å². The van der Waals surface area contributed by atoms with Gasteiger partial charge in [-0.3, -0.25) is 15.6 Å². The third-order valence-corrected chi connectivity index (χ3v) is 2.91. The Morgan fingerprint density at radius 3 is 2.52 bits per heavy atom. The smallest absolute Gasteiger partial charge is 0.242 e. The number of rotatable bonds is 6. The van der Waals surface area contributed by atoms with Crippen LogP contribution in [-0.2, 0) is 11.2 Å². The molecule has 0 radical (unpaired) electrons. The Morgan fingerprint density at radius 1 is 1.24 bits per heavy atom. The van der Waals surface area contributed by atoms with Crippen molar-refractivity contribution >= 4 is 23.2 Å². The summed E-state index contributed by atoms with van der Waals surface area (Å²) >= 11 is 5.03. The van der Waals surface area contributed by atoms with Crippen LogP contribution in [0.15, 0.2) is 24.3 Å². The number of hydrogen-bond donors (Lipinski definition) is 3. The Morgan fingerprint density at radius 2 is 1.90 bits per heavy atom. The van der Waals surface area contributed by atoms with Gasteiger partial charge in [-0.2, -0.15) is 0 Å². The van der Waals surface area contributed by atoms with E-state index < -0.39 is 0 Å². The maximum Gasteiger partial charge on any atom is 0.242 e. The van der Waals surface area contributed by atoms with Crippen LogP contribution in [0.3, 0.4) is 0 Å². The Labute approximate surface area is 129 Å². The largest absolute Gasteiger partial charge is 0.361 e. The van der Waals surface area contributed by atoms with Crippen molar-refractivity contribution in [2.24, 2.45) is 0 Å². The molecule has 1 aromatic carbocycles. The van der Waals surface area contributed by atoms with Gasteiger partial charge in [0.1, 0.15) is 5.82 Å². The lowest BCUT2D eigenvalue weighted by Crippen LogP contribution is -2.47. The summed E-state index contributed by atoms with van der Waals surface area (Å²) in [7, 11) is 4.01. The van der Waals surface area contributed by atoms with Gasteiger partial charge >= 0.3 is 0 Å². The lowest BCUT2D eigenvalue weighted by atomic mass is 10.1. The fourth-order valence-electron chi connectivity index (χ4n) is 1.60. The summed E-state index contributed by atoms with van der Waals surface area (Å²) in [5, 5.41) is 3.37. The van der Waals surface area contributed by atoms with Crippen molar-refractivity contribution < 1.29 is 9.18 Å². The van der Waals surface area contributed by atoms with Crippen molar-refractivity contribution in [3.8, 4) is 0 Å². The van der Waals surface area contributed by atoms with Gasteiger partial charge in [0, 0.05) is 6.54 Å². The van der Waals surface area contributed by atoms with Gasteiger partial charge in [-0.25, -0.2) is 4.39 Å². The van der Waals surface area contributed by atoms with Gasteiger partial charge in [0.25, 0.3) is 0 Å². The summed E-state index contributed by atoms with van der Waals surface area (Å²) in [4.78, 5) is 13.7. The van der Waals surface area contributed by atoms with Crippen LogP contribution < -0.4 is 16.2 Å². The van der Waals surface area contributed by atoms with Crippen LogP contribution in [-0.4, -0.2) is 43.1 Å². The number of halogens is 1. The molecule has 0 aromatic heterocycles. The highest BCUT2D eigenvalue weighted by Crippen LogP contribution is 2.02. The van der Waals surface area contributed by atoms with Gasteiger partial charge < -0.3 is 10.2 Å². The number of benzene rings is 1. The Bertz CT molecular complexity index is 465. The monoisotopic (exact) mass is 312 g/mol. The number of carbonyl (C=O) groups is 1. The van der Waals surface area contributed by atoms with E-state index in [4.69, 9.17) is 12.2 Å². The van der Waals surface area contributed by atoms with E-state index in [0.29, 0.717) is 5.11 Å². The molecule has 7 heteroatoms. The Hall–Kier alpha value is -1.73. The van der Waals surface area contributed by atoms with Crippen LogP contribution >= 0.6 is 12.2 Å². The third-order valence-electron chi connectivity index (χ3n) is 2.66. The second kappa shape index (κ2) is 9.25. The highest BCUT2D eigenvalue weighted by atomic mass is 32.1. The molecule has 3 N–H and O–H groups in total. The molecule has 0 unspecified atom stereocenters. The number of nitrogens with zero attached hydrogens (tertiary/aromatic N) is 1. The lowest BCUT2D eigenvalue weighted by molar-refractivity contribution is -0.121. The van der Waals surface area contributed by atoms with Gasteiger partial charge in [0.2, 0.25) is 5.91 Å². The van der Waals surface area contributed by atoms with Crippen molar-refractivity contribution in [3.63, 3.8) is 0 Å². The molecule has 116 valence electrons. The average molecular weight is 312 g/mol. The second-order valence-electron chi connectivity index (χ2n) is 4.89. The van der Waals surface area contributed by atoms with Crippen molar-refractivity contribution in [1.29, 1.82) is 0 Å². The van der Waals surface area contributed by atoms with Gasteiger partial charge in [-0.15, -0.1) is 0 Å². The molecule has 1 aromatic rings. The topological polar surface area (TPSA) is 56.4 Å². The third kappa shape index (κ3) is 8.21. The molecule has 0 fully saturated rings. The van der Waals surface area contributed by atoms with Crippen molar-refractivity contribution in [2.45, 2.75) is 12.8 Å². The molecular formula is C14H21FN4OS. The Kier molecular flexibility index (Phi) is 7.63. The fourth-order valence-corrected chi connectivity index (χ4v) is 1.75. The number of nitrogens with one attached hydrogen (secondary N) is 3. The SMILES string of the molecule is CN(C)CCCNC(=S)NNC(=O)Cc1ccc(F)cc1. The minimum atomic E-state index is -0.319. The zero-order valence-corrected chi connectivity index (χ0v) is 13.1. The van der Waals surface area contributed by atoms with E-state index in [1.165, 1.54) is 12.1 Å². The summed E-state index contributed by atoms with van der Waals surface area (Å²) in [6.45, 7) is 1.70. The quantitative estimate of drug-likeness (QED) is 0.412. The van der Waals surface area contributed by atoms with Crippen molar-refractivity contribution in [3.05, 3.63) is 35.6 Å². The van der Waals surface area contributed by atoms with E-state index in [-0.39, 0.29) is 18.1 Å². The molecule has 1 rings (SSSR count). The first-order valence-corrected chi connectivity index (χ1v) is 7.10. The molecule has 0 saturated heterocycles. The van der Waals surface area contributed by atoms with Crippen LogP contribution in [0.4, 0.5) is 4.39 Å². The number of hydrazine groups is 1. The number of hydrogen-bond acceptors (Lipinski definition) is 3. The summed E-state index contributed by atoms with van der Waals surface area (Å²) in [6, 6.07) is 5.80. The molecule has 0 bridgehead atoms. The van der Waals surface area contributed by atoms with E-state index >= 15 is 0 Å². The van der Waals surface area contributed by atoms with Crippen LogP contribution in [0.25, 0.3) is 0 Å². The zero-order valence-electron chi connectivity index (χ0n) is 12.3. The summed E-state index contributed by atoms with van der Waals surface area (Å²) in [6.07, 6.45) is 1.12. The minimum Gasteiger partial charge on any atom is -0.361 e. The van der Waals surface area contributed by atoms with Crippen LogP contribution in [0.2, 0.25) is 0 Å². The molecule has 0 atom stereocenters. The predicted octanol–water partition coefficient (Wildman–Crippen LogP) is 0.815. The van der Waals surface area contributed by atoms with Gasteiger partial charge in [-0.1, -0.05) is 12.1 Å². The van der Waals surface area contributed by atoms with E-state index in [1.807, 2.05) is 14.1 Å². The Balaban J connectivity index is 2.17.